The van der Waals surface area contributed by atoms with Crippen LogP contribution in [0.5, 0.6) is 0 Å². The molecule has 0 bridgehead atoms. The maximum absolute atomic E-state index is 10.4. The molecule has 0 aromatic rings. The molecular weight excluding hydrogens is 196 g/mol. The second kappa shape index (κ2) is 5.51. The zero-order chi connectivity index (χ0) is 9.03. The van der Waals surface area contributed by atoms with Crippen LogP contribution in [0, 0.1) is 0 Å². The van der Waals surface area contributed by atoms with E-state index in [9.17, 15) is 8.42 Å². The van der Waals surface area contributed by atoms with Crippen LogP contribution in [0.25, 0.3) is 0 Å². The first-order chi connectivity index (χ1) is 5.58. The molecule has 0 unspecified atom stereocenters. The maximum Gasteiger partial charge on any atom is 0.266 e. The molecule has 13 heavy (non-hydrogen) atoms. The Hall–Kier alpha value is -0.210. The van der Waals surface area contributed by atoms with Crippen molar-refractivity contribution >= 4 is 10.1 Å². The van der Waals surface area contributed by atoms with Crippen molar-refractivity contribution in [3.05, 3.63) is 0 Å². The van der Waals surface area contributed by atoms with E-state index in [1.165, 1.54) is 0 Å². The molecule has 0 aliphatic carbocycles. The Morgan fingerprint density at radius 1 is 1.31 bits per heavy atom. The molecule has 0 radical (unpaired) electrons. The molecule has 1 aliphatic heterocycles. The smallest absolute Gasteiger partial charge is 0.266 e. The van der Waals surface area contributed by atoms with Crippen LogP contribution in [0.3, 0.4) is 0 Å². The second-order valence-corrected chi connectivity index (χ2v) is 4.45. The molecule has 80 valence electrons. The minimum Gasteiger partial charge on any atom is -0.412 e. The number of hydrogen-bond acceptors (Lipinski definition) is 4. The van der Waals surface area contributed by atoms with Gasteiger partial charge in [-0.3, -0.25) is 9.45 Å². The van der Waals surface area contributed by atoms with Gasteiger partial charge in [0, 0.05) is 32.7 Å². The summed E-state index contributed by atoms with van der Waals surface area (Å²) in [5.41, 5.74) is 0. The van der Waals surface area contributed by atoms with Gasteiger partial charge < -0.3 is 10.8 Å². The van der Waals surface area contributed by atoms with Gasteiger partial charge in [0.2, 0.25) is 0 Å². The third kappa shape index (κ3) is 5.94. The number of rotatable bonds is 3. The summed E-state index contributed by atoms with van der Waals surface area (Å²) in [6.45, 7) is 3.93. The molecule has 1 fully saturated rings. The van der Waals surface area contributed by atoms with E-state index in [0.29, 0.717) is 6.54 Å². The lowest BCUT2D eigenvalue weighted by atomic mass is 10.4. The Kier molecular flexibility index (Phi) is 5.42. The van der Waals surface area contributed by atoms with Crippen LogP contribution in [0.15, 0.2) is 0 Å². The average molecular weight is 212 g/mol. The molecule has 1 rings (SSSR count). The second-order valence-electron chi connectivity index (χ2n) is 2.88. The van der Waals surface area contributed by atoms with Gasteiger partial charge in [-0.05, 0) is 0 Å². The van der Waals surface area contributed by atoms with E-state index >= 15 is 0 Å². The molecule has 6 nitrogen and oxygen atoms in total. The van der Waals surface area contributed by atoms with Gasteiger partial charge in [-0.2, -0.15) is 8.42 Å². The number of piperazine rings is 1. The summed E-state index contributed by atoms with van der Waals surface area (Å²) in [7, 11) is -3.79. The highest BCUT2D eigenvalue weighted by Crippen LogP contribution is 1.93. The summed E-state index contributed by atoms with van der Waals surface area (Å²) in [4.78, 5) is 2.02. The molecular formula is C6H16N2O4S. The fraction of sp³-hybridized carbons (Fsp3) is 1.00. The topological polar surface area (TPSA) is 101 Å². The quantitative estimate of drug-likeness (QED) is 0.525. The first-order valence-electron chi connectivity index (χ1n) is 3.96. The summed E-state index contributed by atoms with van der Waals surface area (Å²) in [6.07, 6.45) is 0. The van der Waals surface area contributed by atoms with Crippen LogP contribution >= 0.6 is 0 Å². The highest BCUT2D eigenvalue weighted by atomic mass is 32.2. The number of nitrogens with one attached hydrogen (secondary N) is 1. The molecule has 7 heteroatoms. The van der Waals surface area contributed by atoms with E-state index in [1.54, 1.807) is 0 Å². The van der Waals surface area contributed by atoms with E-state index in [0.717, 1.165) is 26.2 Å². The SMILES string of the molecule is O.O=S(=O)(O)CCN1CCNCC1. The Morgan fingerprint density at radius 3 is 2.31 bits per heavy atom. The normalized spacial score (nSPS) is 19.5. The predicted octanol–water partition coefficient (Wildman–Crippen LogP) is -2.05. The lowest BCUT2D eigenvalue weighted by molar-refractivity contribution is 0.252. The Balaban J connectivity index is 0.00000144. The van der Waals surface area contributed by atoms with Crippen molar-refractivity contribution in [3.8, 4) is 0 Å². The highest BCUT2D eigenvalue weighted by Gasteiger charge is 2.12. The van der Waals surface area contributed by atoms with Crippen LogP contribution in [-0.2, 0) is 10.1 Å². The van der Waals surface area contributed by atoms with Gasteiger partial charge in [-0.15, -0.1) is 0 Å². The number of nitrogens with zero attached hydrogens (tertiary/aromatic N) is 1. The van der Waals surface area contributed by atoms with E-state index in [1.807, 2.05) is 4.90 Å². The van der Waals surface area contributed by atoms with Gasteiger partial charge in [0.25, 0.3) is 10.1 Å². The lowest BCUT2D eigenvalue weighted by Crippen LogP contribution is -2.45. The van der Waals surface area contributed by atoms with Crippen LogP contribution < -0.4 is 5.32 Å². The fourth-order valence-corrected chi connectivity index (χ4v) is 1.67. The standard InChI is InChI=1S/C6H14N2O3S.H2O/c9-12(10,11)6-5-8-3-1-7-2-4-8;/h7H,1-6H2,(H,9,10,11);1H2. The molecule has 1 heterocycles. The molecule has 0 spiro atoms. The Morgan fingerprint density at radius 2 is 1.85 bits per heavy atom. The fourth-order valence-electron chi connectivity index (χ4n) is 1.18. The average Bonchev–Trinajstić information content (AvgIpc) is 2.02. The van der Waals surface area contributed by atoms with Crippen LogP contribution in [0.4, 0.5) is 0 Å². The van der Waals surface area contributed by atoms with Gasteiger partial charge in [0.05, 0.1) is 5.75 Å². The molecule has 1 saturated heterocycles. The van der Waals surface area contributed by atoms with Gasteiger partial charge in [0.15, 0.2) is 0 Å². The van der Waals surface area contributed by atoms with Crippen LogP contribution in [-0.4, -0.2) is 61.8 Å². The molecule has 0 saturated carbocycles. The predicted molar refractivity (Wildman–Crippen MR) is 49.3 cm³/mol. The van der Waals surface area contributed by atoms with E-state index in [4.69, 9.17) is 4.55 Å². The largest absolute Gasteiger partial charge is 0.412 e. The van der Waals surface area contributed by atoms with E-state index in [2.05, 4.69) is 5.32 Å². The van der Waals surface area contributed by atoms with Gasteiger partial charge in [0.1, 0.15) is 0 Å². The van der Waals surface area contributed by atoms with Crippen molar-refractivity contribution in [1.29, 1.82) is 0 Å². The van der Waals surface area contributed by atoms with Crippen molar-refractivity contribution in [2.45, 2.75) is 0 Å². The first kappa shape index (κ1) is 12.8. The minimum atomic E-state index is -3.79. The summed E-state index contributed by atoms with van der Waals surface area (Å²) in [5, 5.41) is 3.16. The van der Waals surface area contributed by atoms with Crippen molar-refractivity contribution in [2.24, 2.45) is 0 Å². The summed E-state index contributed by atoms with van der Waals surface area (Å²) in [5.74, 6) is -0.160. The van der Waals surface area contributed by atoms with Crippen LogP contribution in [0.1, 0.15) is 0 Å². The van der Waals surface area contributed by atoms with Crippen molar-refractivity contribution in [3.63, 3.8) is 0 Å². The molecule has 0 aromatic carbocycles. The molecule has 0 aromatic heterocycles. The first-order valence-corrected chi connectivity index (χ1v) is 5.57. The lowest BCUT2D eigenvalue weighted by Gasteiger charge is -2.26. The molecule has 0 atom stereocenters. The zero-order valence-electron chi connectivity index (χ0n) is 7.36. The summed E-state index contributed by atoms with van der Waals surface area (Å²) in [6, 6.07) is 0. The van der Waals surface area contributed by atoms with Crippen molar-refractivity contribution in [2.75, 3.05) is 38.5 Å². The minimum absolute atomic E-state index is 0. The zero-order valence-corrected chi connectivity index (χ0v) is 8.18. The Labute approximate surface area is 78.0 Å². The monoisotopic (exact) mass is 212 g/mol. The van der Waals surface area contributed by atoms with Gasteiger partial charge in [-0.25, -0.2) is 0 Å². The molecule has 1 aliphatic rings. The van der Waals surface area contributed by atoms with Crippen molar-refractivity contribution < 1.29 is 18.4 Å². The highest BCUT2D eigenvalue weighted by molar-refractivity contribution is 7.85. The number of hydrogen-bond donors (Lipinski definition) is 2. The summed E-state index contributed by atoms with van der Waals surface area (Å²) >= 11 is 0. The Bertz CT molecular complexity index is 223. The third-order valence-corrected chi connectivity index (χ3v) is 2.57. The van der Waals surface area contributed by atoms with Gasteiger partial charge in [-0.1, -0.05) is 0 Å². The van der Waals surface area contributed by atoms with E-state index in [-0.39, 0.29) is 11.2 Å². The molecule has 0 amide bonds. The third-order valence-electron chi connectivity index (χ3n) is 1.88. The van der Waals surface area contributed by atoms with E-state index < -0.39 is 10.1 Å². The van der Waals surface area contributed by atoms with Crippen LogP contribution in [0.2, 0.25) is 0 Å². The van der Waals surface area contributed by atoms with Gasteiger partial charge >= 0.3 is 0 Å². The van der Waals surface area contributed by atoms with Crippen molar-refractivity contribution in [1.82, 2.24) is 10.2 Å². The summed E-state index contributed by atoms with van der Waals surface area (Å²) < 4.78 is 29.3. The molecule has 4 N–H and O–H groups in total. The maximum atomic E-state index is 10.4.